The number of hydrogen-bond acceptors (Lipinski definition) is 3. The molecular formula is C18H23N3O2. The van der Waals surface area contributed by atoms with Crippen molar-refractivity contribution >= 4 is 23.1 Å². The van der Waals surface area contributed by atoms with Crippen molar-refractivity contribution in [1.82, 2.24) is 14.9 Å². The first kappa shape index (κ1) is 15.7. The standard InChI is InChI=1S/C18H23N3O2/c1-12(2)20-18(9-4-10-18)17-19-14-7-5-13(6-8-16(22)23)11-15(14)21(17)3/h5-8,11-12,20H,4,9-10H2,1-3H3,(H,22,23)/b8-6+. The molecule has 0 saturated heterocycles. The molecule has 1 aliphatic rings. The first-order valence-corrected chi connectivity index (χ1v) is 8.07. The molecule has 0 atom stereocenters. The second-order valence-corrected chi connectivity index (χ2v) is 6.65. The van der Waals surface area contributed by atoms with Gasteiger partial charge in [-0.1, -0.05) is 6.07 Å². The van der Waals surface area contributed by atoms with Gasteiger partial charge in [0.1, 0.15) is 5.82 Å². The van der Waals surface area contributed by atoms with Crippen LogP contribution in [0.2, 0.25) is 0 Å². The molecule has 122 valence electrons. The zero-order valence-electron chi connectivity index (χ0n) is 13.8. The molecule has 0 unspecified atom stereocenters. The second kappa shape index (κ2) is 5.81. The van der Waals surface area contributed by atoms with Crippen LogP contribution in [0, 0.1) is 0 Å². The number of fused-ring (bicyclic) bond motifs is 1. The van der Waals surface area contributed by atoms with Crippen LogP contribution in [0.15, 0.2) is 24.3 Å². The van der Waals surface area contributed by atoms with Crippen molar-refractivity contribution in [3.05, 3.63) is 35.7 Å². The number of imidazole rings is 1. The largest absolute Gasteiger partial charge is 0.478 e. The lowest BCUT2D eigenvalue weighted by Crippen LogP contribution is -2.52. The molecule has 1 saturated carbocycles. The van der Waals surface area contributed by atoms with Crippen LogP contribution in [0.1, 0.15) is 44.5 Å². The van der Waals surface area contributed by atoms with Crippen molar-refractivity contribution < 1.29 is 9.90 Å². The fraction of sp³-hybridized carbons (Fsp3) is 0.444. The van der Waals surface area contributed by atoms with Crippen LogP contribution in [0.4, 0.5) is 0 Å². The Hall–Kier alpha value is -2.14. The normalized spacial score (nSPS) is 17.0. The van der Waals surface area contributed by atoms with Crippen LogP contribution in [-0.2, 0) is 17.4 Å². The van der Waals surface area contributed by atoms with E-state index in [1.54, 1.807) is 6.08 Å². The van der Waals surface area contributed by atoms with E-state index in [1.165, 1.54) is 6.42 Å². The summed E-state index contributed by atoms with van der Waals surface area (Å²) in [6, 6.07) is 6.26. The zero-order chi connectivity index (χ0) is 16.6. The molecule has 23 heavy (non-hydrogen) atoms. The van der Waals surface area contributed by atoms with E-state index in [0.717, 1.165) is 41.3 Å². The molecule has 0 aliphatic heterocycles. The molecule has 0 spiro atoms. The fourth-order valence-corrected chi connectivity index (χ4v) is 3.42. The van der Waals surface area contributed by atoms with Gasteiger partial charge in [-0.3, -0.25) is 0 Å². The Balaban J connectivity index is 2.03. The van der Waals surface area contributed by atoms with Crippen molar-refractivity contribution in [2.24, 2.45) is 7.05 Å². The number of carbonyl (C=O) groups is 1. The summed E-state index contributed by atoms with van der Waals surface area (Å²) in [7, 11) is 2.04. The summed E-state index contributed by atoms with van der Waals surface area (Å²) in [6.07, 6.45) is 6.20. The van der Waals surface area contributed by atoms with Gasteiger partial charge in [-0.05, 0) is 56.9 Å². The predicted molar refractivity (Wildman–Crippen MR) is 91.2 cm³/mol. The van der Waals surface area contributed by atoms with Crippen LogP contribution in [0.3, 0.4) is 0 Å². The summed E-state index contributed by atoms with van der Waals surface area (Å²) in [4.78, 5) is 15.5. The van der Waals surface area contributed by atoms with E-state index in [0.29, 0.717) is 6.04 Å². The van der Waals surface area contributed by atoms with Crippen LogP contribution in [0.25, 0.3) is 17.1 Å². The first-order chi connectivity index (χ1) is 10.9. The maximum Gasteiger partial charge on any atom is 0.328 e. The third-order valence-electron chi connectivity index (χ3n) is 4.52. The highest BCUT2D eigenvalue weighted by atomic mass is 16.4. The Morgan fingerprint density at radius 1 is 1.43 bits per heavy atom. The van der Waals surface area contributed by atoms with Crippen LogP contribution in [-0.4, -0.2) is 26.7 Å². The topological polar surface area (TPSA) is 67.2 Å². The number of hydrogen-bond donors (Lipinski definition) is 2. The maximum atomic E-state index is 10.7. The summed E-state index contributed by atoms with van der Waals surface area (Å²) in [6.45, 7) is 4.33. The third-order valence-corrected chi connectivity index (χ3v) is 4.52. The van der Waals surface area contributed by atoms with Crippen molar-refractivity contribution in [2.45, 2.75) is 44.7 Å². The van der Waals surface area contributed by atoms with Gasteiger partial charge >= 0.3 is 5.97 Å². The van der Waals surface area contributed by atoms with Gasteiger partial charge < -0.3 is 15.0 Å². The van der Waals surface area contributed by atoms with E-state index in [9.17, 15) is 4.79 Å². The molecule has 1 aromatic heterocycles. The highest BCUT2D eigenvalue weighted by Gasteiger charge is 2.42. The Bertz CT molecular complexity index is 770. The summed E-state index contributed by atoms with van der Waals surface area (Å²) in [5.41, 5.74) is 2.82. The highest BCUT2D eigenvalue weighted by molar-refractivity contribution is 5.87. The lowest BCUT2D eigenvalue weighted by Gasteiger charge is -2.43. The fourth-order valence-electron chi connectivity index (χ4n) is 3.42. The number of aryl methyl sites for hydroxylation is 1. The molecular weight excluding hydrogens is 290 g/mol. The molecule has 1 aromatic carbocycles. The number of aliphatic carboxylic acids is 1. The second-order valence-electron chi connectivity index (χ2n) is 6.65. The van der Waals surface area contributed by atoms with E-state index in [-0.39, 0.29) is 5.54 Å². The molecule has 0 amide bonds. The number of rotatable bonds is 5. The smallest absolute Gasteiger partial charge is 0.328 e. The molecule has 2 aromatic rings. The lowest BCUT2D eigenvalue weighted by molar-refractivity contribution is -0.131. The van der Waals surface area contributed by atoms with Crippen LogP contribution >= 0.6 is 0 Å². The molecule has 0 bridgehead atoms. The Labute approximate surface area is 136 Å². The third kappa shape index (κ3) is 2.88. The molecule has 5 nitrogen and oxygen atoms in total. The minimum absolute atomic E-state index is 0.0288. The summed E-state index contributed by atoms with van der Waals surface area (Å²) >= 11 is 0. The van der Waals surface area contributed by atoms with E-state index in [2.05, 4.69) is 23.7 Å². The Morgan fingerprint density at radius 2 is 2.17 bits per heavy atom. The SMILES string of the molecule is CC(C)NC1(c2nc3ccc(/C=C/C(=O)O)cc3n2C)CCC1. The minimum atomic E-state index is -0.939. The quantitative estimate of drug-likeness (QED) is 0.833. The molecule has 1 fully saturated rings. The molecule has 1 heterocycles. The number of aromatic nitrogens is 2. The number of carboxylic acids is 1. The number of benzene rings is 1. The molecule has 2 N–H and O–H groups in total. The number of nitrogens with one attached hydrogen (secondary N) is 1. The zero-order valence-corrected chi connectivity index (χ0v) is 13.8. The van der Waals surface area contributed by atoms with E-state index < -0.39 is 5.97 Å². The van der Waals surface area contributed by atoms with Crippen molar-refractivity contribution in [3.8, 4) is 0 Å². The first-order valence-electron chi connectivity index (χ1n) is 8.07. The van der Waals surface area contributed by atoms with Gasteiger partial charge in [0.15, 0.2) is 0 Å². The van der Waals surface area contributed by atoms with E-state index >= 15 is 0 Å². The molecule has 3 rings (SSSR count). The predicted octanol–water partition coefficient (Wildman–Crippen LogP) is 3.05. The van der Waals surface area contributed by atoms with Gasteiger partial charge in [-0.25, -0.2) is 9.78 Å². The van der Waals surface area contributed by atoms with E-state index in [1.807, 2.05) is 25.2 Å². The Kier molecular flexibility index (Phi) is 3.98. The lowest BCUT2D eigenvalue weighted by atomic mass is 9.75. The maximum absolute atomic E-state index is 10.7. The van der Waals surface area contributed by atoms with Crippen LogP contribution < -0.4 is 5.32 Å². The number of nitrogens with zero attached hydrogens (tertiary/aromatic N) is 2. The van der Waals surface area contributed by atoms with Crippen molar-refractivity contribution in [3.63, 3.8) is 0 Å². The van der Waals surface area contributed by atoms with Crippen molar-refractivity contribution in [2.75, 3.05) is 0 Å². The van der Waals surface area contributed by atoms with Gasteiger partial charge in [0, 0.05) is 19.2 Å². The van der Waals surface area contributed by atoms with Crippen molar-refractivity contribution in [1.29, 1.82) is 0 Å². The minimum Gasteiger partial charge on any atom is -0.478 e. The van der Waals surface area contributed by atoms with Gasteiger partial charge in [0.05, 0.1) is 16.6 Å². The average molecular weight is 313 g/mol. The number of carboxylic acid groups (broad SMARTS) is 1. The van der Waals surface area contributed by atoms with Gasteiger partial charge in [-0.15, -0.1) is 0 Å². The summed E-state index contributed by atoms with van der Waals surface area (Å²) in [5, 5.41) is 12.5. The van der Waals surface area contributed by atoms with Gasteiger partial charge in [0.25, 0.3) is 0 Å². The molecule has 5 heteroatoms. The monoisotopic (exact) mass is 313 g/mol. The molecule has 1 aliphatic carbocycles. The summed E-state index contributed by atoms with van der Waals surface area (Å²) in [5.74, 6) is 0.136. The highest BCUT2D eigenvalue weighted by Crippen LogP contribution is 2.42. The molecule has 0 radical (unpaired) electrons. The van der Waals surface area contributed by atoms with Crippen LogP contribution in [0.5, 0.6) is 0 Å². The van der Waals surface area contributed by atoms with E-state index in [4.69, 9.17) is 10.1 Å². The van der Waals surface area contributed by atoms with Gasteiger partial charge in [0.2, 0.25) is 0 Å². The summed E-state index contributed by atoms with van der Waals surface area (Å²) < 4.78 is 2.14. The van der Waals surface area contributed by atoms with Gasteiger partial charge in [-0.2, -0.15) is 0 Å². The Morgan fingerprint density at radius 3 is 2.74 bits per heavy atom. The average Bonchev–Trinajstić information content (AvgIpc) is 2.78.